The van der Waals surface area contributed by atoms with E-state index in [0.29, 0.717) is 5.69 Å². The van der Waals surface area contributed by atoms with E-state index < -0.39 is 35.7 Å². The first kappa shape index (κ1) is 22.0. The van der Waals surface area contributed by atoms with Crippen molar-refractivity contribution in [1.82, 2.24) is 15.5 Å². The van der Waals surface area contributed by atoms with Gasteiger partial charge in [0.2, 0.25) is 5.91 Å². The SMILES string of the molecule is CC(NC(=O)C(O)c1ccc(C(F)(F)F)cc1)C(=O)Nc1cc(-c2ccccc2)[nH]n1. The molecular formula is C21H19F3N4O3. The van der Waals surface area contributed by atoms with Crippen LogP contribution < -0.4 is 10.6 Å². The molecule has 3 aromatic rings. The van der Waals surface area contributed by atoms with Crippen LogP contribution in [0.1, 0.15) is 24.2 Å². The summed E-state index contributed by atoms with van der Waals surface area (Å²) in [5, 5.41) is 21.7. The van der Waals surface area contributed by atoms with Gasteiger partial charge in [0, 0.05) is 6.07 Å². The summed E-state index contributed by atoms with van der Waals surface area (Å²) in [6, 6.07) is 13.4. The van der Waals surface area contributed by atoms with Crippen LogP contribution in [0.4, 0.5) is 19.0 Å². The van der Waals surface area contributed by atoms with E-state index in [0.717, 1.165) is 29.8 Å². The highest BCUT2D eigenvalue weighted by atomic mass is 19.4. The van der Waals surface area contributed by atoms with Crippen LogP contribution in [0.5, 0.6) is 0 Å². The standard InChI is InChI=1S/C21H19F3N4O3/c1-12(19(30)26-17-11-16(27-28-17)13-5-3-2-4-6-13)25-20(31)18(29)14-7-9-15(10-8-14)21(22,23)24/h2-12,18,29H,1H3,(H,25,31)(H2,26,27,28,30). The van der Waals surface area contributed by atoms with E-state index in [1.165, 1.54) is 6.92 Å². The highest BCUT2D eigenvalue weighted by Gasteiger charge is 2.31. The Morgan fingerprint density at radius 3 is 2.29 bits per heavy atom. The van der Waals surface area contributed by atoms with Crippen LogP contribution in [-0.2, 0) is 15.8 Å². The average Bonchev–Trinajstić information content (AvgIpc) is 3.21. The third kappa shape index (κ3) is 5.48. The molecule has 0 spiro atoms. The van der Waals surface area contributed by atoms with Crippen LogP contribution >= 0.6 is 0 Å². The summed E-state index contributed by atoms with van der Waals surface area (Å²) in [5.41, 5.74) is 0.630. The second-order valence-corrected chi connectivity index (χ2v) is 6.77. The largest absolute Gasteiger partial charge is 0.416 e. The van der Waals surface area contributed by atoms with Gasteiger partial charge in [0.15, 0.2) is 11.9 Å². The monoisotopic (exact) mass is 432 g/mol. The Bertz CT molecular complexity index is 1050. The summed E-state index contributed by atoms with van der Waals surface area (Å²) in [4.78, 5) is 24.5. The predicted molar refractivity (Wildman–Crippen MR) is 107 cm³/mol. The van der Waals surface area contributed by atoms with E-state index in [-0.39, 0.29) is 11.4 Å². The molecular weight excluding hydrogens is 413 g/mol. The van der Waals surface area contributed by atoms with Gasteiger partial charge in [-0.3, -0.25) is 14.7 Å². The minimum Gasteiger partial charge on any atom is -0.378 e. The molecule has 1 aromatic heterocycles. The van der Waals surface area contributed by atoms with Crippen molar-refractivity contribution in [3.8, 4) is 11.3 Å². The first-order chi connectivity index (χ1) is 14.6. The molecule has 2 atom stereocenters. The summed E-state index contributed by atoms with van der Waals surface area (Å²) >= 11 is 0. The Kier molecular flexibility index (Phi) is 6.40. The van der Waals surface area contributed by atoms with Crippen molar-refractivity contribution in [2.75, 3.05) is 5.32 Å². The molecule has 3 rings (SSSR count). The number of aromatic nitrogens is 2. The number of carbonyl (C=O) groups is 2. The molecule has 2 unspecified atom stereocenters. The lowest BCUT2D eigenvalue weighted by Gasteiger charge is -2.17. The number of H-pyrrole nitrogens is 1. The van der Waals surface area contributed by atoms with Gasteiger partial charge in [0.05, 0.1) is 11.3 Å². The summed E-state index contributed by atoms with van der Waals surface area (Å²) in [6.07, 6.45) is -6.25. The number of halogens is 3. The van der Waals surface area contributed by atoms with Gasteiger partial charge < -0.3 is 15.7 Å². The number of alkyl halides is 3. The van der Waals surface area contributed by atoms with Gasteiger partial charge in [-0.2, -0.15) is 18.3 Å². The third-order valence-corrected chi connectivity index (χ3v) is 4.47. The van der Waals surface area contributed by atoms with Crippen molar-refractivity contribution < 1.29 is 27.9 Å². The normalized spacial score (nSPS) is 13.3. The molecule has 0 saturated carbocycles. The number of amides is 2. The summed E-state index contributed by atoms with van der Waals surface area (Å²) in [5.74, 6) is -1.26. The second-order valence-electron chi connectivity index (χ2n) is 6.77. The zero-order valence-electron chi connectivity index (χ0n) is 16.3. The second kappa shape index (κ2) is 9.00. The molecule has 2 aromatic carbocycles. The van der Waals surface area contributed by atoms with Gasteiger partial charge in [0.25, 0.3) is 5.91 Å². The van der Waals surface area contributed by atoms with E-state index in [2.05, 4.69) is 20.8 Å². The molecule has 162 valence electrons. The minimum atomic E-state index is -4.52. The number of aliphatic hydroxyl groups excluding tert-OH is 1. The van der Waals surface area contributed by atoms with Crippen molar-refractivity contribution in [2.45, 2.75) is 25.2 Å². The minimum absolute atomic E-state index is 0.0297. The molecule has 2 amide bonds. The molecule has 0 radical (unpaired) electrons. The van der Waals surface area contributed by atoms with Crippen molar-refractivity contribution in [1.29, 1.82) is 0 Å². The zero-order valence-corrected chi connectivity index (χ0v) is 16.3. The van der Waals surface area contributed by atoms with Crippen LogP contribution in [0.3, 0.4) is 0 Å². The van der Waals surface area contributed by atoms with E-state index in [1.807, 2.05) is 30.3 Å². The molecule has 4 N–H and O–H groups in total. The number of hydrogen-bond donors (Lipinski definition) is 4. The van der Waals surface area contributed by atoms with Crippen molar-refractivity contribution in [3.05, 3.63) is 71.8 Å². The topological polar surface area (TPSA) is 107 Å². The molecule has 7 nitrogen and oxygen atoms in total. The highest BCUT2D eigenvalue weighted by Crippen LogP contribution is 2.30. The lowest BCUT2D eigenvalue weighted by molar-refractivity contribution is -0.137. The van der Waals surface area contributed by atoms with Crippen LogP contribution in [0.2, 0.25) is 0 Å². The fourth-order valence-corrected chi connectivity index (χ4v) is 2.75. The summed E-state index contributed by atoms with van der Waals surface area (Å²) < 4.78 is 37.9. The van der Waals surface area contributed by atoms with E-state index in [9.17, 15) is 27.9 Å². The highest BCUT2D eigenvalue weighted by molar-refractivity contribution is 5.97. The van der Waals surface area contributed by atoms with E-state index >= 15 is 0 Å². The molecule has 1 heterocycles. The Morgan fingerprint density at radius 2 is 1.68 bits per heavy atom. The summed E-state index contributed by atoms with van der Waals surface area (Å²) in [6.45, 7) is 1.40. The quantitative estimate of drug-likeness (QED) is 0.480. The lowest BCUT2D eigenvalue weighted by atomic mass is 10.1. The van der Waals surface area contributed by atoms with Crippen LogP contribution in [0.15, 0.2) is 60.7 Å². The van der Waals surface area contributed by atoms with E-state index in [1.54, 1.807) is 6.07 Å². The van der Waals surface area contributed by atoms with Crippen molar-refractivity contribution >= 4 is 17.6 Å². The molecule has 31 heavy (non-hydrogen) atoms. The Hall–Kier alpha value is -3.66. The molecule has 0 aliphatic rings. The zero-order chi connectivity index (χ0) is 22.6. The van der Waals surface area contributed by atoms with Gasteiger partial charge >= 0.3 is 6.18 Å². The van der Waals surface area contributed by atoms with Gasteiger partial charge in [-0.25, -0.2) is 0 Å². The lowest BCUT2D eigenvalue weighted by Crippen LogP contribution is -2.43. The maximum atomic E-state index is 12.6. The predicted octanol–water partition coefficient (Wildman–Crippen LogP) is 3.27. The molecule has 0 aliphatic carbocycles. The number of carbonyl (C=O) groups excluding carboxylic acids is 2. The smallest absolute Gasteiger partial charge is 0.378 e. The number of aromatic amines is 1. The first-order valence-electron chi connectivity index (χ1n) is 9.22. The molecule has 0 saturated heterocycles. The Balaban J connectivity index is 1.58. The number of hydrogen-bond acceptors (Lipinski definition) is 4. The fraction of sp³-hybridized carbons (Fsp3) is 0.190. The average molecular weight is 432 g/mol. The van der Waals surface area contributed by atoms with Crippen LogP contribution in [0, 0.1) is 0 Å². The number of rotatable bonds is 6. The molecule has 0 aliphatic heterocycles. The maximum Gasteiger partial charge on any atom is 0.416 e. The van der Waals surface area contributed by atoms with Crippen molar-refractivity contribution in [2.24, 2.45) is 0 Å². The van der Waals surface area contributed by atoms with Crippen LogP contribution in [-0.4, -0.2) is 33.2 Å². The van der Waals surface area contributed by atoms with E-state index in [4.69, 9.17) is 0 Å². The van der Waals surface area contributed by atoms with Gasteiger partial charge in [-0.15, -0.1) is 0 Å². The number of benzene rings is 2. The third-order valence-electron chi connectivity index (χ3n) is 4.47. The maximum absolute atomic E-state index is 12.6. The fourth-order valence-electron chi connectivity index (χ4n) is 2.75. The van der Waals surface area contributed by atoms with Gasteiger partial charge in [-0.1, -0.05) is 42.5 Å². The number of anilines is 1. The number of nitrogens with one attached hydrogen (secondary N) is 3. The Morgan fingerprint density at radius 1 is 1.03 bits per heavy atom. The summed E-state index contributed by atoms with van der Waals surface area (Å²) in [7, 11) is 0. The molecule has 10 heteroatoms. The first-order valence-corrected chi connectivity index (χ1v) is 9.22. The van der Waals surface area contributed by atoms with Gasteiger partial charge in [-0.05, 0) is 30.2 Å². The van der Waals surface area contributed by atoms with Crippen LogP contribution in [0.25, 0.3) is 11.3 Å². The number of aliphatic hydroxyl groups is 1. The van der Waals surface area contributed by atoms with Gasteiger partial charge in [0.1, 0.15) is 6.04 Å². The molecule has 0 fully saturated rings. The molecule has 0 bridgehead atoms. The number of nitrogens with zero attached hydrogens (tertiary/aromatic N) is 1. The Labute approximate surface area is 175 Å². The van der Waals surface area contributed by atoms with Crippen molar-refractivity contribution in [3.63, 3.8) is 0 Å².